The monoisotopic (exact) mass is 308 g/mol. The summed E-state index contributed by atoms with van der Waals surface area (Å²) in [7, 11) is 2.22. The van der Waals surface area contributed by atoms with Crippen molar-refractivity contribution in [3.8, 4) is 0 Å². The van der Waals surface area contributed by atoms with Gasteiger partial charge in [-0.3, -0.25) is 0 Å². The van der Waals surface area contributed by atoms with E-state index in [0.717, 1.165) is 10.9 Å². The summed E-state index contributed by atoms with van der Waals surface area (Å²) in [4.78, 5) is 2.43. The predicted octanol–water partition coefficient (Wildman–Crippen LogP) is 4.36. The molecule has 1 aromatic carbocycles. The lowest BCUT2D eigenvalue weighted by molar-refractivity contribution is 0.178. The minimum absolute atomic E-state index is 0.400. The van der Waals surface area contributed by atoms with Crippen LogP contribution >= 0.6 is 11.6 Å². The van der Waals surface area contributed by atoms with E-state index in [1.807, 2.05) is 12.1 Å². The summed E-state index contributed by atoms with van der Waals surface area (Å²) in [6, 6.07) is 9.25. The first-order valence-electron chi connectivity index (χ1n) is 8.17. The maximum atomic E-state index is 6.01. The Morgan fingerprint density at radius 2 is 1.67 bits per heavy atom. The van der Waals surface area contributed by atoms with Gasteiger partial charge >= 0.3 is 0 Å². The number of likely N-dealkylation sites (tertiary alicyclic amines) is 1. The Morgan fingerprint density at radius 3 is 2.19 bits per heavy atom. The first-order chi connectivity index (χ1) is 9.97. The molecule has 0 radical (unpaired) electrons. The summed E-state index contributed by atoms with van der Waals surface area (Å²) in [6.45, 7) is 9.37. The van der Waals surface area contributed by atoms with Crippen LogP contribution in [0.5, 0.6) is 0 Å². The fraction of sp³-hybridized carbons (Fsp3) is 0.667. The summed E-state index contributed by atoms with van der Waals surface area (Å²) in [5.41, 5.74) is 1.34. The molecular weight excluding hydrogens is 280 g/mol. The van der Waals surface area contributed by atoms with Crippen molar-refractivity contribution in [3.63, 3.8) is 0 Å². The molecule has 1 fully saturated rings. The third-order valence-electron chi connectivity index (χ3n) is 4.81. The summed E-state index contributed by atoms with van der Waals surface area (Å²) >= 11 is 6.01. The highest BCUT2D eigenvalue weighted by atomic mass is 35.5. The number of nitrogens with zero attached hydrogens (tertiary/aromatic N) is 1. The zero-order valence-corrected chi connectivity index (χ0v) is 14.5. The van der Waals surface area contributed by atoms with E-state index in [1.54, 1.807) is 0 Å². The van der Waals surface area contributed by atoms with Gasteiger partial charge in [-0.15, -0.1) is 0 Å². The topological polar surface area (TPSA) is 15.3 Å². The lowest BCUT2D eigenvalue weighted by Gasteiger charge is -2.36. The first kappa shape index (κ1) is 16.8. The Kier molecular flexibility index (Phi) is 6.09. The van der Waals surface area contributed by atoms with E-state index < -0.39 is 0 Å². The molecule has 1 aliphatic rings. The molecule has 0 spiro atoms. The van der Waals surface area contributed by atoms with Crippen LogP contribution in [0, 0.1) is 11.8 Å². The van der Waals surface area contributed by atoms with Gasteiger partial charge in [-0.1, -0.05) is 37.6 Å². The minimum atomic E-state index is 0.400. The molecule has 1 aliphatic heterocycles. The molecule has 2 atom stereocenters. The highest BCUT2D eigenvalue weighted by molar-refractivity contribution is 6.30. The number of nitrogens with one attached hydrogen (secondary N) is 1. The molecule has 118 valence electrons. The fourth-order valence-electron chi connectivity index (χ4n) is 3.29. The van der Waals surface area contributed by atoms with Crippen molar-refractivity contribution in [1.82, 2.24) is 10.2 Å². The Balaban J connectivity index is 2.00. The van der Waals surface area contributed by atoms with E-state index in [-0.39, 0.29) is 0 Å². The smallest absolute Gasteiger partial charge is 0.0406 e. The van der Waals surface area contributed by atoms with Crippen LogP contribution in [0.1, 0.15) is 45.2 Å². The molecule has 0 saturated carbocycles. The number of rotatable bonds is 5. The van der Waals surface area contributed by atoms with Crippen LogP contribution in [0.15, 0.2) is 24.3 Å². The van der Waals surface area contributed by atoms with Gasteiger partial charge in [0.05, 0.1) is 0 Å². The van der Waals surface area contributed by atoms with Crippen LogP contribution in [0.2, 0.25) is 5.02 Å². The lowest BCUT2D eigenvalue weighted by Crippen LogP contribution is -2.43. The van der Waals surface area contributed by atoms with Gasteiger partial charge in [0, 0.05) is 17.1 Å². The second kappa shape index (κ2) is 7.62. The van der Waals surface area contributed by atoms with Gasteiger partial charge in [-0.05, 0) is 69.4 Å². The van der Waals surface area contributed by atoms with E-state index in [4.69, 9.17) is 11.6 Å². The molecule has 2 unspecified atom stereocenters. The molecule has 1 heterocycles. The molecular formula is C18H29ClN2. The molecule has 1 N–H and O–H groups in total. The van der Waals surface area contributed by atoms with Crippen molar-refractivity contribution < 1.29 is 0 Å². The van der Waals surface area contributed by atoms with Gasteiger partial charge in [0.2, 0.25) is 0 Å². The molecule has 0 aromatic heterocycles. The van der Waals surface area contributed by atoms with Gasteiger partial charge in [-0.2, -0.15) is 0 Å². The van der Waals surface area contributed by atoms with E-state index in [2.05, 4.69) is 50.2 Å². The van der Waals surface area contributed by atoms with Crippen LogP contribution < -0.4 is 5.32 Å². The number of piperidine rings is 1. The van der Waals surface area contributed by atoms with Gasteiger partial charge in [-0.25, -0.2) is 0 Å². The Hall–Kier alpha value is -0.570. The highest BCUT2D eigenvalue weighted by Gasteiger charge is 2.25. The molecule has 2 nitrogen and oxygen atoms in total. The Morgan fingerprint density at radius 1 is 1.10 bits per heavy atom. The Labute approximate surface area is 134 Å². The lowest BCUT2D eigenvalue weighted by atomic mass is 9.88. The molecule has 3 heteroatoms. The first-order valence-corrected chi connectivity index (χ1v) is 8.55. The Bertz CT molecular complexity index is 421. The van der Waals surface area contributed by atoms with Crippen molar-refractivity contribution in [2.75, 3.05) is 20.1 Å². The summed E-state index contributed by atoms with van der Waals surface area (Å²) in [6.07, 6.45) is 2.60. The third-order valence-corrected chi connectivity index (χ3v) is 5.06. The van der Waals surface area contributed by atoms with Crippen molar-refractivity contribution in [2.45, 2.75) is 45.7 Å². The van der Waals surface area contributed by atoms with Crippen molar-refractivity contribution in [2.24, 2.45) is 11.8 Å². The van der Waals surface area contributed by atoms with Gasteiger partial charge in [0.25, 0.3) is 0 Å². The highest BCUT2D eigenvalue weighted by Crippen LogP contribution is 2.27. The second-order valence-corrected chi connectivity index (χ2v) is 7.31. The summed E-state index contributed by atoms with van der Waals surface area (Å²) < 4.78 is 0. The number of halogens is 1. The molecule has 0 aliphatic carbocycles. The third kappa shape index (κ3) is 4.70. The van der Waals surface area contributed by atoms with E-state index in [0.29, 0.717) is 18.0 Å². The normalized spacial score (nSPS) is 20.7. The zero-order chi connectivity index (χ0) is 15.4. The number of benzene rings is 1. The van der Waals surface area contributed by atoms with Crippen LogP contribution in [-0.2, 0) is 0 Å². The van der Waals surface area contributed by atoms with E-state index in [9.17, 15) is 0 Å². The minimum Gasteiger partial charge on any atom is -0.307 e. The second-order valence-electron chi connectivity index (χ2n) is 6.87. The summed E-state index contributed by atoms with van der Waals surface area (Å²) in [5, 5.41) is 4.68. The average molecular weight is 309 g/mol. The molecule has 2 rings (SSSR count). The van der Waals surface area contributed by atoms with Gasteiger partial charge in [0.1, 0.15) is 0 Å². The average Bonchev–Trinajstić information content (AvgIpc) is 2.46. The molecule has 1 saturated heterocycles. The van der Waals surface area contributed by atoms with E-state index >= 15 is 0 Å². The molecule has 21 heavy (non-hydrogen) atoms. The van der Waals surface area contributed by atoms with Crippen LogP contribution in [0.25, 0.3) is 0 Å². The SMILES string of the molecule is CC(C)C(NC(C)C1CCN(C)CC1)c1ccc(Cl)cc1. The van der Waals surface area contributed by atoms with Crippen molar-refractivity contribution in [3.05, 3.63) is 34.9 Å². The van der Waals surface area contributed by atoms with Crippen LogP contribution in [-0.4, -0.2) is 31.1 Å². The van der Waals surface area contributed by atoms with Gasteiger partial charge < -0.3 is 10.2 Å². The molecule has 0 bridgehead atoms. The van der Waals surface area contributed by atoms with Crippen LogP contribution in [0.3, 0.4) is 0 Å². The van der Waals surface area contributed by atoms with Gasteiger partial charge in [0.15, 0.2) is 0 Å². The van der Waals surface area contributed by atoms with Crippen molar-refractivity contribution in [1.29, 1.82) is 0 Å². The van der Waals surface area contributed by atoms with Crippen molar-refractivity contribution >= 4 is 11.6 Å². The predicted molar refractivity (Wildman–Crippen MR) is 91.8 cm³/mol. The fourth-order valence-corrected chi connectivity index (χ4v) is 3.42. The van der Waals surface area contributed by atoms with E-state index in [1.165, 1.54) is 31.5 Å². The maximum Gasteiger partial charge on any atom is 0.0406 e. The quantitative estimate of drug-likeness (QED) is 0.869. The number of hydrogen-bond acceptors (Lipinski definition) is 2. The summed E-state index contributed by atoms with van der Waals surface area (Å²) in [5.74, 6) is 1.36. The maximum absolute atomic E-state index is 6.01. The zero-order valence-electron chi connectivity index (χ0n) is 13.8. The number of hydrogen-bond donors (Lipinski definition) is 1. The largest absolute Gasteiger partial charge is 0.307 e. The van der Waals surface area contributed by atoms with Crippen LogP contribution in [0.4, 0.5) is 0 Å². The standard InChI is InChI=1S/C18H29ClN2/c1-13(2)18(16-5-7-17(19)8-6-16)20-14(3)15-9-11-21(4)12-10-15/h5-8,13-15,18,20H,9-12H2,1-4H3. The molecule has 0 amide bonds. The molecule has 1 aromatic rings.